The van der Waals surface area contributed by atoms with Crippen molar-refractivity contribution in [3.8, 4) is 11.5 Å². The van der Waals surface area contributed by atoms with Crippen LogP contribution in [0.2, 0.25) is 0 Å². The van der Waals surface area contributed by atoms with Crippen LogP contribution in [0.1, 0.15) is 26.3 Å². The molecule has 2 rings (SSSR count). The van der Waals surface area contributed by atoms with E-state index < -0.39 is 5.97 Å². The summed E-state index contributed by atoms with van der Waals surface area (Å²) >= 11 is 0. The molecule has 6 heteroatoms. The Hall–Kier alpha value is -2.86. The van der Waals surface area contributed by atoms with Gasteiger partial charge in [-0.1, -0.05) is 12.1 Å². The van der Waals surface area contributed by atoms with Gasteiger partial charge in [0.05, 0.1) is 18.2 Å². The van der Waals surface area contributed by atoms with Crippen LogP contribution in [-0.2, 0) is 4.74 Å². The third kappa shape index (κ3) is 3.87. The van der Waals surface area contributed by atoms with Crippen molar-refractivity contribution in [3.63, 3.8) is 0 Å². The third-order valence-corrected chi connectivity index (χ3v) is 3.16. The highest BCUT2D eigenvalue weighted by Crippen LogP contribution is 2.27. The van der Waals surface area contributed by atoms with E-state index in [4.69, 9.17) is 19.3 Å². The second kappa shape index (κ2) is 7.42. The Balaban J connectivity index is 2.37. The fourth-order valence-electron chi connectivity index (χ4n) is 1.98. The average Bonchev–Trinajstić information content (AvgIpc) is 2.59. The van der Waals surface area contributed by atoms with Crippen LogP contribution in [0.15, 0.2) is 42.5 Å². The molecule has 0 atom stereocenters. The molecule has 0 aromatic heterocycles. The Morgan fingerprint density at radius 2 is 1.65 bits per heavy atom. The number of carbonyl (C=O) groups excluding carboxylic acids is 1. The normalized spacial score (nSPS) is 10.2. The molecule has 1 N–H and O–H groups in total. The summed E-state index contributed by atoms with van der Waals surface area (Å²) in [6.45, 7) is 0.00452. The van der Waals surface area contributed by atoms with Gasteiger partial charge in [-0.2, -0.15) is 0 Å². The van der Waals surface area contributed by atoms with Crippen molar-refractivity contribution < 1.29 is 28.9 Å². The predicted octanol–water partition coefficient (Wildman–Crippen LogP) is 2.61. The van der Waals surface area contributed by atoms with E-state index in [2.05, 4.69) is 0 Å². The molecule has 120 valence electrons. The van der Waals surface area contributed by atoms with Crippen LogP contribution in [0, 0.1) is 0 Å². The molecule has 0 saturated carbocycles. The molecule has 23 heavy (non-hydrogen) atoms. The Kier molecular flexibility index (Phi) is 5.32. The van der Waals surface area contributed by atoms with Crippen LogP contribution in [0.25, 0.3) is 0 Å². The number of methoxy groups -OCH3 is 2. The zero-order valence-corrected chi connectivity index (χ0v) is 12.7. The summed E-state index contributed by atoms with van der Waals surface area (Å²) in [5, 5.41) is 8.91. The first-order valence-corrected chi connectivity index (χ1v) is 6.74. The molecule has 0 aliphatic heterocycles. The minimum absolute atomic E-state index is 0.00452. The number of carboxylic acids is 1. The van der Waals surface area contributed by atoms with Crippen molar-refractivity contribution in [1.82, 2.24) is 0 Å². The second-order valence-electron chi connectivity index (χ2n) is 4.62. The van der Waals surface area contributed by atoms with E-state index in [0.29, 0.717) is 22.6 Å². The molecule has 0 bridgehead atoms. The lowest BCUT2D eigenvalue weighted by atomic mass is 10.0. The quantitative estimate of drug-likeness (QED) is 0.624. The first-order chi connectivity index (χ1) is 11.1. The van der Waals surface area contributed by atoms with Gasteiger partial charge in [-0.3, -0.25) is 4.79 Å². The Labute approximate surface area is 133 Å². The van der Waals surface area contributed by atoms with Crippen molar-refractivity contribution in [2.75, 3.05) is 21.0 Å². The predicted molar refractivity (Wildman–Crippen MR) is 82.3 cm³/mol. The molecule has 0 heterocycles. The number of ether oxygens (including phenoxy) is 3. The molecule has 2 aromatic carbocycles. The highest BCUT2D eigenvalue weighted by Gasteiger charge is 2.17. The molecule has 0 radical (unpaired) electrons. The van der Waals surface area contributed by atoms with Crippen LogP contribution < -0.4 is 9.47 Å². The topological polar surface area (TPSA) is 82.1 Å². The van der Waals surface area contributed by atoms with Gasteiger partial charge in [0, 0.05) is 12.7 Å². The summed E-state index contributed by atoms with van der Waals surface area (Å²) in [5.41, 5.74) is 0.776. The van der Waals surface area contributed by atoms with E-state index in [1.165, 1.54) is 38.5 Å². The number of ketones is 1. The first kappa shape index (κ1) is 16.5. The number of benzene rings is 2. The van der Waals surface area contributed by atoms with Gasteiger partial charge in [-0.25, -0.2) is 4.79 Å². The smallest absolute Gasteiger partial charge is 0.335 e. The Morgan fingerprint density at radius 3 is 2.22 bits per heavy atom. The number of hydrogen-bond donors (Lipinski definition) is 1. The number of carboxylic acid groups (broad SMARTS) is 1. The third-order valence-electron chi connectivity index (χ3n) is 3.16. The fourth-order valence-corrected chi connectivity index (χ4v) is 1.98. The van der Waals surface area contributed by atoms with Gasteiger partial charge >= 0.3 is 5.97 Å². The van der Waals surface area contributed by atoms with Crippen molar-refractivity contribution in [1.29, 1.82) is 0 Å². The number of carbonyl (C=O) groups is 2. The molecular formula is C17H16O6. The van der Waals surface area contributed by atoms with E-state index >= 15 is 0 Å². The van der Waals surface area contributed by atoms with Gasteiger partial charge in [0.15, 0.2) is 12.6 Å². The maximum Gasteiger partial charge on any atom is 0.335 e. The van der Waals surface area contributed by atoms with E-state index in [9.17, 15) is 9.59 Å². The molecule has 2 aromatic rings. The van der Waals surface area contributed by atoms with Crippen LogP contribution in [0.3, 0.4) is 0 Å². The van der Waals surface area contributed by atoms with Crippen LogP contribution in [-0.4, -0.2) is 37.9 Å². The van der Waals surface area contributed by atoms with E-state index in [1.807, 2.05) is 0 Å². The van der Waals surface area contributed by atoms with Crippen LogP contribution >= 0.6 is 0 Å². The minimum Gasteiger partial charge on any atom is -0.497 e. The summed E-state index contributed by atoms with van der Waals surface area (Å²) in [5.74, 6) is -0.471. The van der Waals surface area contributed by atoms with Gasteiger partial charge < -0.3 is 19.3 Å². The van der Waals surface area contributed by atoms with Gasteiger partial charge in [-0.05, 0) is 30.3 Å². The monoisotopic (exact) mass is 316 g/mol. The molecule has 0 unspecified atom stereocenters. The lowest BCUT2D eigenvalue weighted by molar-refractivity contribution is 0.0503. The SMILES string of the molecule is COCOc1ccc(OC)cc1C(=O)c1ccc(C(=O)O)cc1. The summed E-state index contributed by atoms with van der Waals surface area (Å²) in [6, 6.07) is 10.6. The maximum atomic E-state index is 12.7. The van der Waals surface area contributed by atoms with E-state index in [0.717, 1.165) is 0 Å². The molecule has 0 aliphatic carbocycles. The standard InChI is InChI=1S/C17H16O6/c1-21-10-23-15-8-7-13(22-2)9-14(15)16(18)11-3-5-12(6-4-11)17(19)20/h3-9H,10H2,1-2H3,(H,19,20). The van der Waals surface area contributed by atoms with Crippen molar-refractivity contribution in [2.45, 2.75) is 0 Å². The molecule has 6 nitrogen and oxygen atoms in total. The zero-order chi connectivity index (χ0) is 16.8. The molecule has 0 spiro atoms. The lowest BCUT2D eigenvalue weighted by Gasteiger charge is -2.12. The molecule has 0 saturated heterocycles. The van der Waals surface area contributed by atoms with Gasteiger partial charge in [0.25, 0.3) is 0 Å². The van der Waals surface area contributed by atoms with Gasteiger partial charge in [0.1, 0.15) is 11.5 Å². The molecule has 0 fully saturated rings. The van der Waals surface area contributed by atoms with E-state index in [-0.39, 0.29) is 18.1 Å². The van der Waals surface area contributed by atoms with Crippen LogP contribution in [0.5, 0.6) is 11.5 Å². The van der Waals surface area contributed by atoms with Crippen molar-refractivity contribution in [3.05, 3.63) is 59.2 Å². The maximum absolute atomic E-state index is 12.7. The Bertz CT molecular complexity index is 706. The van der Waals surface area contributed by atoms with Gasteiger partial charge in [0.2, 0.25) is 0 Å². The van der Waals surface area contributed by atoms with E-state index in [1.54, 1.807) is 18.2 Å². The molecular weight excluding hydrogens is 300 g/mol. The number of hydrogen-bond acceptors (Lipinski definition) is 5. The summed E-state index contributed by atoms with van der Waals surface area (Å²) < 4.78 is 15.4. The number of rotatable bonds is 7. The largest absolute Gasteiger partial charge is 0.497 e. The van der Waals surface area contributed by atoms with Crippen molar-refractivity contribution in [2.24, 2.45) is 0 Å². The summed E-state index contributed by atoms with van der Waals surface area (Å²) in [7, 11) is 2.98. The second-order valence-corrected chi connectivity index (χ2v) is 4.62. The van der Waals surface area contributed by atoms with Crippen molar-refractivity contribution >= 4 is 11.8 Å². The van der Waals surface area contributed by atoms with Crippen LogP contribution in [0.4, 0.5) is 0 Å². The highest BCUT2D eigenvalue weighted by atomic mass is 16.7. The van der Waals surface area contributed by atoms with Gasteiger partial charge in [-0.15, -0.1) is 0 Å². The highest BCUT2D eigenvalue weighted by molar-refractivity contribution is 6.11. The molecule has 0 amide bonds. The Morgan fingerprint density at radius 1 is 1.00 bits per heavy atom. The molecule has 0 aliphatic rings. The fraction of sp³-hybridized carbons (Fsp3) is 0.176. The number of aromatic carboxylic acids is 1. The minimum atomic E-state index is -1.05. The summed E-state index contributed by atoms with van der Waals surface area (Å²) in [6.07, 6.45) is 0. The average molecular weight is 316 g/mol. The zero-order valence-electron chi connectivity index (χ0n) is 12.7. The lowest BCUT2D eigenvalue weighted by Crippen LogP contribution is -2.08. The first-order valence-electron chi connectivity index (χ1n) is 6.74. The summed E-state index contributed by atoms with van der Waals surface area (Å²) in [4.78, 5) is 23.5.